The Labute approximate surface area is 111 Å². The van der Waals surface area contributed by atoms with Gasteiger partial charge in [0.1, 0.15) is 0 Å². The van der Waals surface area contributed by atoms with Gasteiger partial charge in [0.2, 0.25) is 5.95 Å². The van der Waals surface area contributed by atoms with Crippen molar-refractivity contribution >= 4 is 29.1 Å². The van der Waals surface area contributed by atoms with Crippen molar-refractivity contribution in [3.8, 4) is 0 Å². The lowest BCUT2D eigenvalue weighted by Crippen LogP contribution is -2.06. The highest BCUT2D eigenvalue weighted by Crippen LogP contribution is 2.17. The molecule has 18 heavy (non-hydrogen) atoms. The minimum absolute atomic E-state index is 0.524. The highest BCUT2D eigenvalue weighted by atomic mass is 35.5. The molecule has 0 atom stereocenters. The zero-order valence-corrected chi connectivity index (χ0v) is 10.8. The predicted octanol–water partition coefficient (Wildman–Crippen LogP) is 3.09. The van der Waals surface area contributed by atoms with Gasteiger partial charge in [-0.2, -0.15) is 10.1 Å². The fourth-order valence-corrected chi connectivity index (χ4v) is 1.48. The van der Waals surface area contributed by atoms with E-state index in [4.69, 9.17) is 11.6 Å². The maximum atomic E-state index is 5.82. The van der Waals surface area contributed by atoms with Crippen LogP contribution >= 0.6 is 11.6 Å². The van der Waals surface area contributed by atoms with E-state index in [0.29, 0.717) is 16.8 Å². The van der Waals surface area contributed by atoms with Crippen molar-refractivity contribution in [3.63, 3.8) is 0 Å². The topological polar surface area (TPSA) is 62.7 Å². The zero-order chi connectivity index (χ0) is 12.8. The van der Waals surface area contributed by atoms with Crippen LogP contribution in [-0.2, 0) is 0 Å². The van der Waals surface area contributed by atoms with Gasteiger partial charge in [-0.1, -0.05) is 18.5 Å². The minimum Gasteiger partial charge on any atom is -0.353 e. The largest absolute Gasteiger partial charge is 0.353 e. The quantitative estimate of drug-likeness (QED) is 0.868. The number of aromatic nitrogens is 3. The molecule has 1 heterocycles. The average molecular weight is 264 g/mol. The van der Waals surface area contributed by atoms with Gasteiger partial charge in [0, 0.05) is 17.3 Å². The number of halogens is 1. The SMILES string of the molecule is CCCNc1nncc(Nc2ccc(Cl)cc2)n1. The summed E-state index contributed by atoms with van der Waals surface area (Å²) in [5.74, 6) is 1.17. The van der Waals surface area contributed by atoms with Gasteiger partial charge in [-0.25, -0.2) is 0 Å². The molecule has 0 unspecified atom stereocenters. The number of hydrogen-bond donors (Lipinski definition) is 2. The monoisotopic (exact) mass is 263 g/mol. The van der Waals surface area contributed by atoms with Crippen molar-refractivity contribution in [1.82, 2.24) is 15.2 Å². The standard InChI is InChI=1S/C12H14ClN5/c1-2-7-14-12-17-11(8-15-18-12)16-10-5-3-9(13)4-6-10/h3-6,8H,2,7H2,1H3,(H2,14,16,17,18). The van der Waals surface area contributed by atoms with E-state index in [1.807, 2.05) is 24.3 Å². The van der Waals surface area contributed by atoms with Crippen LogP contribution in [-0.4, -0.2) is 21.7 Å². The van der Waals surface area contributed by atoms with Gasteiger partial charge in [0.15, 0.2) is 5.82 Å². The van der Waals surface area contributed by atoms with E-state index >= 15 is 0 Å². The number of anilines is 3. The molecule has 0 saturated heterocycles. The first-order valence-corrected chi connectivity index (χ1v) is 6.12. The van der Waals surface area contributed by atoms with E-state index in [-0.39, 0.29) is 0 Å². The number of rotatable bonds is 5. The van der Waals surface area contributed by atoms with Gasteiger partial charge >= 0.3 is 0 Å². The second kappa shape index (κ2) is 6.16. The maximum Gasteiger partial charge on any atom is 0.244 e. The van der Waals surface area contributed by atoms with Crippen LogP contribution in [0.5, 0.6) is 0 Å². The Kier molecular flexibility index (Phi) is 4.30. The van der Waals surface area contributed by atoms with E-state index in [9.17, 15) is 0 Å². The lowest BCUT2D eigenvalue weighted by Gasteiger charge is -2.06. The molecule has 0 bridgehead atoms. The summed E-state index contributed by atoms with van der Waals surface area (Å²) >= 11 is 5.82. The van der Waals surface area contributed by atoms with E-state index < -0.39 is 0 Å². The Morgan fingerprint density at radius 3 is 2.72 bits per heavy atom. The third kappa shape index (κ3) is 3.56. The van der Waals surface area contributed by atoms with Gasteiger partial charge in [-0.3, -0.25) is 0 Å². The average Bonchev–Trinajstić information content (AvgIpc) is 2.40. The molecule has 0 amide bonds. The molecule has 2 N–H and O–H groups in total. The first-order chi connectivity index (χ1) is 8.78. The fraction of sp³-hybridized carbons (Fsp3) is 0.250. The van der Waals surface area contributed by atoms with Crippen LogP contribution in [0.4, 0.5) is 17.5 Å². The summed E-state index contributed by atoms with van der Waals surface area (Å²) in [6.07, 6.45) is 2.59. The molecule has 2 aromatic rings. The summed E-state index contributed by atoms with van der Waals surface area (Å²) in [6.45, 7) is 2.91. The molecule has 1 aromatic carbocycles. The van der Waals surface area contributed by atoms with Gasteiger partial charge in [0.05, 0.1) is 6.20 Å². The van der Waals surface area contributed by atoms with Gasteiger partial charge in [0.25, 0.3) is 0 Å². The van der Waals surface area contributed by atoms with Crippen LogP contribution in [0.3, 0.4) is 0 Å². The van der Waals surface area contributed by atoms with E-state index in [2.05, 4.69) is 32.7 Å². The lowest BCUT2D eigenvalue weighted by atomic mass is 10.3. The summed E-state index contributed by atoms with van der Waals surface area (Å²) in [5.41, 5.74) is 0.904. The molecule has 0 radical (unpaired) electrons. The fourth-order valence-electron chi connectivity index (χ4n) is 1.36. The van der Waals surface area contributed by atoms with Crippen molar-refractivity contribution in [2.75, 3.05) is 17.2 Å². The summed E-state index contributed by atoms with van der Waals surface area (Å²) in [5, 5.41) is 14.7. The Morgan fingerprint density at radius 1 is 1.22 bits per heavy atom. The molecule has 0 saturated carbocycles. The highest BCUT2D eigenvalue weighted by molar-refractivity contribution is 6.30. The van der Waals surface area contributed by atoms with Crippen LogP contribution in [0.1, 0.15) is 13.3 Å². The number of nitrogens with one attached hydrogen (secondary N) is 2. The maximum absolute atomic E-state index is 5.82. The van der Waals surface area contributed by atoms with E-state index in [1.54, 1.807) is 6.20 Å². The Bertz CT molecular complexity index is 500. The first-order valence-electron chi connectivity index (χ1n) is 5.74. The number of hydrogen-bond acceptors (Lipinski definition) is 5. The van der Waals surface area contributed by atoms with Crippen molar-refractivity contribution in [2.45, 2.75) is 13.3 Å². The van der Waals surface area contributed by atoms with E-state index in [1.165, 1.54) is 0 Å². The molecular formula is C12H14ClN5. The molecule has 0 aliphatic heterocycles. The van der Waals surface area contributed by atoms with Gasteiger partial charge in [-0.15, -0.1) is 5.10 Å². The number of nitrogens with zero attached hydrogens (tertiary/aromatic N) is 3. The third-order valence-electron chi connectivity index (χ3n) is 2.21. The normalized spacial score (nSPS) is 10.1. The van der Waals surface area contributed by atoms with Crippen molar-refractivity contribution in [3.05, 3.63) is 35.5 Å². The van der Waals surface area contributed by atoms with Crippen molar-refractivity contribution in [2.24, 2.45) is 0 Å². The molecule has 94 valence electrons. The van der Waals surface area contributed by atoms with Gasteiger partial charge in [-0.05, 0) is 30.7 Å². The van der Waals surface area contributed by atoms with E-state index in [0.717, 1.165) is 18.7 Å². The Morgan fingerprint density at radius 2 is 2.00 bits per heavy atom. The molecule has 0 aliphatic carbocycles. The summed E-state index contributed by atoms with van der Waals surface area (Å²) < 4.78 is 0. The molecule has 1 aromatic heterocycles. The smallest absolute Gasteiger partial charge is 0.244 e. The second-order valence-electron chi connectivity index (χ2n) is 3.72. The predicted molar refractivity (Wildman–Crippen MR) is 73.3 cm³/mol. The van der Waals surface area contributed by atoms with Crippen LogP contribution < -0.4 is 10.6 Å². The molecule has 2 rings (SSSR count). The Balaban J connectivity index is 2.06. The highest BCUT2D eigenvalue weighted by Gasteiger charge is 2.00. The van der Waals surface area contributed by atoms with Gasteiger partial charge < -0.3 is 10.6 Å². The summed E-state index contributed by atoms with van der Waals surface area (Å²) in [7, 11) is 0. The van der Waals surface area contributed by atoms with Crippen LogP contribution in [0, 0.1) is 0 Å². The van der Waals surface area contributed by atoms with Crippen LogP contribution in [0.2, 0.25) is 5.02 Å². The summed E-state index contributed by atoms with van der Waals surface area (Å²) in [4.78, 5) is 4.30. The zero-order valence-electron chi connectivity index (χ0n) is 10.0. The lowest BCUT2D eigenvalue weighted by molar-refractivity contribution is 0.913. The van der Waals surface area contributed by atoms with Crippen LogP contribution in [0.15, 0.2) is 30.5 Å². The van der Waals surface area contributed by atoms with Crippen molar-refractivity contribution in [1.29, 1.82) is 0 Å². The molecular weight excluding hydrogens is 250 g/mol. The third-order valence-corrected chi connectivity index (χ3v) is 2.46. The summed E-state index contributed by atoms with van der Waals surface area (Å²) in [6, 6.07) is 7.39. The molecule has 0 fully saturated rings. The minimum atomic E-state index is 0.524. The molecule has 5 nitrogen and oxygen atoms in total. The van der Waals surface area contributed by atoms with Crippen LogP contribution in [0.25, 0.3) is 0 Å². The van der Waals surface area contributed by atoms with Crippen molar-refractivity contribution < 1.29 is 0 Å². The molecule has 6 heteroatoms. The first kappa shape index (κ1) is 12.6. The Hall–Kier alpha value is -1.88. The number of benzene rings is 1. The molecule has 0 aliphatic rings. The molecule has 0 spiro atoms. The second-order valence-corrected chi connectivity index (χ2v) is 4.16.